The second-order valence-corrected chi connectivity index (χ2v) is 10.8. The van der Waals surface area contributed by atoms with Crippen LogP contribution < -0.4 is 11.1 Å². The van der Waals surface area contributed by atoms with Gasteiger partial charge in [0.05, 0.1) is 25.1 Å². The largest absolute Gasteiger partial charge is 0.444 e. The Morgan fingerprint density at radius 3 is 2.07 bits per heavy atom. The minimum atomic E-state index is -1.43. The van der Waals surface area contributed by atoms with E-state index in [9.17, 15) is 24.6 Å². The van der Waals surface area contributed by atoms with Crippen molar-refractivity contribution < 1.29 is 29.3 Å². The van der Waals surface area contributed by atoms with Crippen molar-refractivity contribution in [1.29, 1.82) is 0 Å². The smallest absolute Gasteiger partial charge is 0.408 e. The van der Waals surface area contributed by atoms with E-state index in [1.54, 1.807) is 32.9 Å². The third-order valence-electron chi connectivity index (χ3n) is 6.43. The lowest BCUT2D eigenvalue weighted by molar-refractivity contribution is -0.147. The number of carbonyl (C=O) groups is 3. The number of aliphatic hydroxyl groups is 2. The number of aromatic nitrogens is 2. The van der Waals surface area contributed by atoms with Gasteiger partial charge in [-0.1, -0.05) is 60.7 Å². The topological polar surface area (TPSA) is 171 Å². The normalized spacial score (nSPS) is 14.4. The zero-order valence-corrected chi connectivity index (χ0v) is 23.6. The first-order valence-corrected chi connectivity index (χ1v) is 13.4. The predicted molar refractivity (Wildman–Crippen MR) is 152 cm³/mol. The molecule has 0 spiro atoms. The Balaban J connectivity index is 2.10. The molecule has 1 heterocycles. The van der Waals surface area contributed by atoms with Crippen LogP contribution in [0.2, 0.25) is 0 Å². The fourth-order valence-corrected chi connectivity index (χ4v) is 4.57. The first-order chi connectivity index (χ1) is 19.5. The van der Waals surface area contributed by atoms with E-state index in [0.717, 1.165) is 11.1 Å². The van der Waals surface area contributed by atoms with Gasteiger partial charge in [-0.3, -0.25) is 9.59 Å². The number of hydrogen-bond acceptors (Lipinski definition) is 7. The van der Waals surface area contributed by atoms with E-state index in [1.807, 2.05) is 48.5 Å². The molecule has 1 aromatic heterocycles. The third-order valence-corrected chi connectivity index (χ3v) is 6.43. The highest BCUT2D eigenvalue weighted by Gasteiger charge is 2.41. The molecular formula is C30H39N5O6. The van der Waals surface area contributed by atoms with E-state index in [-0.39, 0.29) is 19.3 Å². The highest BCUT2D eigenvalue weighted by molar-refractivity contribution is 5.91. The lowest BCUT2D eigenvalue weighted by Crippen LogP contribution is -2.63. The summed E-state index contributed by atoms with van der Waals surface area (Å²) >= 11 is 0. The van der Waals surface area contributed by atoms with Gasteiger partial charge in [-0.25, -0.2) is 9.78 Å². The Kier molecular flexibility index (Phi) is 11.0. The van der Waals surface area contributed by atoms with Crippen LogP contribution in [0.5, 0.6) is 0 Å². The SMILES string of the molecule is CC(C)(C)OC(=O)N[C@@H](Cc1ccccc1)C(=O)N([C@@H](Cc1cnc[nH]1)C(N)=O)[C@@H](Cc1ccccc1)[C@@H](O)CO. The third kappa shape index (κ3) is 9.44. The molecule has 0 saturated heterocycles. The van der Waals surface area contributed by atoms with Crippen molar-refractivity contribution in [2.45, 2.75) is 69.9 Å². The number of amides is 3. The maximum Gasteiger partial charge on any atom is 0.408 e. The molecule has 11 nitrogen and oxygen atoms in total. The summed E-state index contributed by atoms with van der Waals surface area (Å²) in [5.74, 6) is -1.50. The highest BCUT2D eigenvalue weighted by atomic mass is 16.6. The molecule has 3 rings (SSSR count). The molecule has 0 saturated carbocycles. The average molecular weight is 566 g/mol. The zero-order chi connectivity index (χ0) is 30.0. The number of aliphatic hydroxyl groups excluding tert-OH is 2. The van der Waals surface area contributed by atoms with Crippen LogP contribution in [0.15, 0.2) is 73.2 Å². The van der Waals surface area contributed by atoms with E-state index in [1.165, 1.54) is 17.4 Å². The number of aromatic amines is 1. The van der Waals surface area contributed by atoms with E-state index in [0.29, 0.717) is 5.69 Å². The molecule has 220 valence electrons. The van der Waals surface area contributed by atoms with E-state index in [2.05, 4.69) is 15.3 Å². The first kappa shape index (κ1) is 31.3. The predicted octanol–water partition coefficient (Wildman–Crippen LogP) is 1.74. The first-order valence-electron chi connectivity index (χ1n) is 13.4. The summed E-state index contributed by atoms with van der Waals surface area (Å²) < 4.78 is 5.44. The van der Waals surface area contributed by atoms with Crippen LogP contribution >= 0.6 is 0 Å². The fraction of sp³-hybridized carbons (Fsp3) is 0.400. The summed E-state index contributed by atoms with van der Waals surface area (Å²) in [6.45, 7) is 4.43. The van der Waals surface area contributed by atoms with Gasteiger partial charge in [0.1, 0.15) is 17.7 Å². The number of nitrogens with zero attached hydrogens (tertiary/aromatic N) is 2. The molecule has 0 aliphatic carbocycles. The van der Waals surface area contributed by atoms with Gasteiger partial charge in [-0.15, -0.1) is 0 Å². The number of hydrogen-bond donors (Lipinski definition) is 5. The van der Waals surface area contributed by atoms with Crippen LogP contribution in [0.4, 0.5) is 4.79 Å². The molecule has 3 aromatic rings. The molecule has 6 N–H and O–H groups in total. The number of rotatable bonds is 13. The summed E-state index contributed by atoms with van der Waals surface area (Å²) in [4.78, 5) is 48.5. The number of alkyl carbamates (subject to hydrolysis) is 1. The number of carbonyl (C=O) groups excluding carboxylic acids is 3. The Labute approximate surface area is 239 Å². The van der Waals surface area contributed by atoms with Crippen LogP contribution in [0.1, 0.15) is 37.6 Å². The zero-order valence-electron chi connectivity index (χ0n) is 23.6. The standard InChI is InChI=1S/C30H39N5O6/c1-30(2,3)41-29(40)34-23(14-20-10-6-4-7-11-20)28(39)35(25(27(31)38)16-22-17-32-19-33-22)24(26(37)18-36)15-21-12-8-5-9-13-21/h4-13,17,19,23-26,36-37H,14-16,18H2,1-3H3,(H2,31,38)(H,32,33)(H,34,40)/t23-,24-,25-,26-/m0/s1. The Morgan fingerprint density at radius 1 is 1.00 bits per heavy atom. The summed E-state index contributed by atoms with van der Waals surface area (Å²) in [6, 6.07) is 14.6. The molecule has 3 amide bonds. The number of primary amides is 1. The quantitative estimate of drug-likeness (QED) is 0.210. The van der Waals surface area contributed by atoms with Crippen molar-refractivity contribution in [3.05, 3.63) is 90.0 Å². The van der Waals surface area contributed by atoms with Crippen molar-refractivity contribution in [3.8, 4) is 0 Å². The molecule has 0 bridgehead atoms. The van der Waals surface area contributed by atoms with Crippen LogP contribution in [0, 0.1) is 0 Å². The van der Waals surface area contributed by atoms with Crippen molar-refractivity contribution in [1.82, 2.24) is 20.2 Å². The van der Waals surface area contributed by atoms with Gasteiger partial charge < -0.3 is 35.9 Å². The van der Waals surface area contributed by atoms with Crippen molar-refractivity contribution >= 4 is 17.9 Å². The molecule has 2 aromatic carbocycles. The molecular weight excluding hydrogens is 526 g/mol. The lowest BCUT2D eigenvalue weighted by Gasteiger charge is -2.40. The maximum absolute atomic E-state index is 14.5. The van der Waals surface area contributed by atoms with Crippen molar-refractivity contribution in [3.63, 3.8) is 0 Å². The van der Waals surface area contributed by atoms with E-state index >= 15 is 0 Å². The average Bonchev–Trinajstić information content (AvgIpc) is 3.44. The van der Waals surface area contributed by atoms with Gasteiger partial charge in [0, 0.05) is 24.7 Å². The molecule has 4 atom stereocenters. The summed E-state index contributed by atoms with van der Waals surface area (Å²) in [5, 5.41) is 23.7. The van der Waals surface area contributed by atoms with Gasteiger partial charge in [-0.05, 0) is 38.3 Å². The van der Waals surface area contributed by atoms with Crippen LogP contribution in [-0.2, 0) is 33.6 Å². The van der Waals surface area contributed by atoms with Crippen LogP contribution in [0.3, 0.4) is 0 Å². The van der Waals surface area contributed by atoms with Gasteiger partial charge in [0.2, 0.25) is 11.8 Å². The van der Waals surface area contributed by atoms with E-state index < -0.39 is 54.3 Å². The molecule has 0 unspecified atom stereocenters. The second kappa shape index (κ2) is 14.4. The Hall–Kier alpha value is -4.22. The Morgan fingerprint density at radius 2 is 1.59 bits per heavy atom. The number of H-pyrrole nitrogens is 1. The number of nitrogens with one attached hydrogen (secondary N) is 2. The summed E-state index contributed by atoms with van der Waals surface area (Å²) in [7, 11) is 0. The molecule has 41 heavy (non-hydrogen) atoms. The molecule has 0 radical (unpaired) electrons. The van der Waals surface area contributed by atoms with Crippen molar-refractivity contribution in [2.75, 3.05) is 6.61 Å². The monoisotopic (exact) mass is 565 g/mol. The lowest BCUT2D eigenvalue weighted by atomic mass is 9.94. The number of ether oxygens (including phenoxy) is 1. The minimum Gasteiger partial charge on any atom is -0.444 e. The van der Waals surface area contributed by atoms with E-state index in [4.69, 9.17) is 10.5 Å². The summed E-state index contributed by atoms with van der Waals surface area (Å²) in [6.07, 6.45) is 0.832. The molecule has 0 fully saturated rings. The summed E-state index contributed by atoms with van der Waals surface area (Å²) in [5.41, 5.74) is 7.08. The van der Waals surface area contributed by atoms with Gasteiger partial charge in [-0.2, -0.15) is 0 Å². The highest BCUT2D eigenvalue weighted by Crippen LogP contribution is 2.21. The number of imidazole rings is 1. The van der Waals surface area contributed by atoms with Gasteiger partial charge in [0.15, 0.2) is 0 Å². The molecule has 0 aliphatic heterocycles. The van der Waals surface area contributed by atoms with Gasteiger partial charge in [0.25, 0.3) is 0 Å². The van der Waals surface area contributed by atoms with Crippen LogP contribution in [0.25, 0.3) is 0 Å². The molecule has 11 heteroatoms. The maximum atomic E-state index is 14.5. The molecule has 0 aliphatic rings. The van der Waals surface area contributed by atoms with Gasteiger partial charge >= 0.3 is 6.09 Å². The van der Waals surface area contributed by atoms with Crippen LogP contribution in [-0.4, -0.2) is 79.4 Å². The number of nitrogens with two attached hydrogens (primary N) is 1. The minimum absolute atomic E-state index is 0.0327. The van der Waals surface area contributed by atoms with Crippen molar-refractivity contribution in [2.24, 2.45) is 5.73 Å². The number of benzene rings is 2. The Bertz CT molecular complexity index is 1250. The second-order valence-electron chi connectivity index (χ2n) is 10.8. The fourth-order valence-electron chi connectivity index (χ4n) is 4.57.